The zero-order valence-electron chi connectivity index (χ0n) is 10.7. The highest BCUT2D eigenvalue weighted by Crippen LogP contribution is 2.40. The van der Waals surface area contributed by atoms with E-state index < -0.39 is 0 Å². The number of hydrogen-bond acceptors (Lipinski definition) is 3. The van der Waals surface area contributed by atoms with Gasteiger partial charge in [0.15, 0.2) is 0 Å². The molecule has 3 nitrogen and oxygen atoms in total. The van der Waals surface area contributed by atoms with E-state index in [0.29, 0.717) is 5.92 Å². The van der Waals surface area contributed by atoms with Gasteiger partial charge in [0.25, 0.3) is 0 Å². The minimum absolute atomic E-state index is 0.0563. The van der Waals surface area contributed by atoms with Gasteiger partial charge < -0.3 is 10.5 Å². The molecule has 1 aliphatic carbocycles. The van der Waals surface area contributed by atoms with Crippen LogP contribution in [0.4, 0.5) is 0 Å². The minimum Gasteiger partial charge on any atom is -0.378 e. The van der Waals surface area contributed by atoms with Crippen molar-refractivity contribution in [1.82, 2.24) is 4.98 Å². The van der Waals surface area contributed by atoms with Gasteiger partial charge in [0.05, 0.1) is 5.60 Å². The van der Waals surface area contributed by atoms with Crippen LogP contribution >= 0.6 is 0 Å². The molecule has 94 valence electrons. The number of pyridine rings is 1. The van der Waals surface area contributed by atoms with E-state index in [1.54, 1.807) is 0 Å². The highest BCUT2D eigenvalue weighted by atomic mass is 16.5. The molecule has 2 rings (SSSR count). The summed E-state index contributed by atoms with van der Waals surface area (Å²) in [7, 11) is 1.81. The number of nitrogens with two attached hydrogens (primary N) is 1. The van der Waals surface area contributed by atoms with Gasteiger partial charge in [-0.2, -0.15) is 0 Å². The normalized spacial score (nSPS) is 21.6. The zero-order chi connectivity index (χ0) is 12.3. The third-order valence-electron chi connectivity index (χ3n) is 4.18. The van der Waals surface area contributed by atoms with E-state index in [-0.39, 0.29) is 11.6 Å². The Labute approximate surface area is 103 Å². The predicted molar refractivity (Wildman–Crippen MR) is 68.8 cm³/mol. The van der Waals surface area contributed by atoms with Gasteiger partial charge >= 0.3 is 0 Å². The lowest BCUT2D eigenvalue weighted by Gasteiger charge is -2.43. The Bertz CT molecular complexity index is 343. The number of rotatable bonds is 5. The van der Waals surface area contributed by atoms with E-state index in [2.05, 4.69) is 11.9 Å². The quantitative estimate of drug-likeness (QED) is 0.851. The van der Waals surface area contributed by atoms with Crippen LogP contribution in [0.3, 0.4) is 0 Å². The van der Waals surface area contributed by atoms with E-state index in [1.807, 2.05) is 31.6 Å². The van der Waals surface area contributed by atoms with Crippen LogP contribution in [-0.2, 0) is 4.74 Å². The molecule has 17 heavy (non-hydrogen) atoms. The maximum absolute atomic E-state index is 6.32. The number of nitrogens with zero attached hydrogens (tertiary/aromatic N) is 1. The van der Waals surface area contributed by atoms with E-state index in [4.69, 9.17) is 10.5 Å². The summed E-state index contributed by atoms with van der Waals surface area (Å²) in [6.45, 7) is 2.18. The lowest BCUT2D eigenvalue weighted by atomic mass is 9.73. The first-order chi connectivity index (χ1) is 8.17. The highest BCUT2D eigenvalue weighted by molar-refractivity contribution is 5.17. The Morgan fingerprint density at radius 2 is 2.06 bits per heavy atom. The molecule has 1 aliphatic rings. The number of ether oxygens (including phenoxy) is 1. The van der Waals surface area contributed by atoms with Crippen molar-refractivity contribution in [3.05, 3.63) is 30.1 Å². The molecular formula is C14H22N2O. The van der Waals surface area contributed by atoms with E-state index in [0.717, 1.165) is 19.3 Å². The van der Waals surface area contributed by atoms with Crippen molar-refractivity contribution >= 4 is 0 Å². The Hall–Kier alpha value is -0.930. The largest absolute Gasteiger partial charge is 0.378 e. The fourth-order valence-corrected chi connectivity index (χ4v) is 2.58. The average Bonchev–Trinajstić information content (AvgIpc) is 2.33. The summed E-state index contributed by atoms with van der Waals surface area (Å²) in [5, 5.41) is 0. The average molecular weight is 234 g/mol. The Morgan fingerprint density at radius 3 is 2.53 bits per heavy atom. The Balaban J connectivity index is 1.98. The lowest BCUT2D eigenvalue weighted by molar-refractivity contribution is -0.0824. The number of aromatic nitrogens is 1. The summed E-state index contributed by atoms with van der Waals surface area (Å²) in [5.41, 5.74) is 7.64. The number of methoxy groups -OCH3 is 1. The van der Waals surface area contributed by atoms with Crippen molar-refractivity contribution in [2.24, 2.45) is 5.73 Å². The second-order valence-corrected chi connectivity index (χ2v) is 5.18. The molecule has 0 aromatic carbocycles. The second-order valence-electron chi connectivity index (χ2n) is 5.18. The first-order valence-corrected chi connectivity index (χ1v) is 6.37. The lowest BCUT2D eigenvalue weighted by Crippen LogP contribution is -2.45. The smallest absolute Gasteiger partial charge is 0.0693 e. The van der Waals surface area contributed by atoms with Crippen molar-refractivity contribution in [3.8, 4) is 0 Å². The van der Waals surface area contributed by atoms with Crippen molar-refractivity contribution in [1.29, 1.82) is 0 Å². The summed E-state index contributed by atoms with van der Waals surface area (Å²) in [6, 6.07) is 4.24. The van der Waals surface area contributed by atoms with E-state index >= 15 is 0 Å². The van der Waals surface area contributed by atoms with Gasteiger partial charge in [-0.1, -0.05) is 6.92 Å². The molecule has 3 heteroatoms. The topological polar surface area (TPSA) is 48.1 Å². The molecular weight excluding hydrogens is 212 g/mol. The summed E-state index contributed by atoms with van der Waals surface area (Å²) in [5.74, 6) is 0.352. The molecule has 1 fully saturated rings. The number of hydrogen-bond donors (Lipinski definition) is 1. The molecule has 1 saturated carbocycles. The molecule has 2 atom stereocenters. The summed E-state index contributed by atoms with van der Waals surface area (Å²) < 4.78 is 5.64. The van der Waals surface area contributed by atoms with E-state index in [1.165, 1.54) is 12.0 Å². The van der Waals surface area contributed by atoms with Gasteiger partial charge in [-0.15, -0.1) is 0 Å². The Morgan fingerprint density at radius 1 is 1.41 bits per heavy atom. The van der Waals surface area contributed by atoms with Crippen molar-refractivity contribution < 1.29 is 4.74 Å². The third-order valence-corrected chi connectivity index (χ3v) is 4.18. The van der Waals surface area contributed by atoms with Gasteiger partial charge in [-0.05, 0) is 49.3 Å². The van der Waals surface area contributed by atoms with Crippen LogP contribution in [0.1, 0.15) is 44.1 Å². The van der Waals surface area contributed by atoms with Gasteiger partial charge in [-0.3, -0.25) is 4.98 Å². The summed E-state index contributed by atoms with van der Waals surface area (Å²) in [6.07, 6.45) is 8.18. The van der Waals surface area contributed by atoms with Crippen molar-refractivity contribution in [2.75, 3.05) is 7.11 Å². The van der Waals surface area contributed by atoms with Crippen LogP contribution < -0.4 is 5.73 Å². The zero-order valence-corrected chi connectivity index (χ0v) is 10.7. The molecule has 0 saturated heterocycles. The van der Waals surface area contributed by atoms with Gasteiger partial charge in [0.2, 0.25) is 0 Å². The molecule has 0 amide bonds. The van der Waals surface area contributed by atoms with Crippen molar-refractivity contribution in [2.45, 2.75) is 50.2 Å². The fourth-order valence-electron chi connectivity index (χ4n) is 2.58. The molecule has 2 unspecified atom stereocenters. The first kappa shape index (κ1) is 12.5. The fraction of sp³-hybridized carbons (Fsp3) is 0.643. The van der Waals surface area contributed by atoms with Gasteiger partial charge in [0, 0.05) is 25.5 Å². The van der Waals surface area contributed by atoms with E-state index in [9.17, 15) is 0 Å². The van der Waals surface area contributed by atoms with Gasteiger partial charge in [0.1, 0.15) is 0 Å². The molecule has 0 aliphatic heterocycles. The molecule has 2 N–H and O–H groups in total. The van der Waals surface area contributed by atoms with Crippen molar-refractivity contribution in [3.63, 3.8) is 0 Å². The van der Waals surface area contributed by atoms with Crippen LogP contribution in [0.25, 0.3) is 0 Å². The summed E-state index contributed by atoms with van der Waals surface area (Å²) in [4.78, 5) is 4.04. The van der Waals surface area contributed by atoms with Crippen LogP contribution in [0.5, 0.6) is 0 Å². The molecule has 0 bridgehead atoms. The van der Waals surface area contributed by atoms with Crippen LogP contribution in [0.2, 0.25) is 0 Å². The standard InChI is InChI=1S/C14H22N2O/c1-11(12-4-8-16-9-5-12)13(15)10-14(17-2)6-3-7-14/h4-5,8-9,11,13H,3,6-7,10,15H2,1-2H3. The SMILES string of the molecule is COC1(CC(N)C(C)c2ccncc2)CCC1. The second kappa shape index (κ2) is 5.15. The maximum atomic E-state index is 6.32. The molecule has 1 aromatic heterocycles. The third kappa shape index (κ3) is 2.67. The molecule has 0 spiro atoms. The Kier molecular flexibility index (Phi) is 3.79. The molecule has 1 aromatic rings. The van der Waals surface area contributed by atoms with Crippen LogP contribution in [0.15, 0.2) is 24.5 Å². The van der Waals surface area contributed by atoms with Gasteiger partial charge in [-0.25, -0.2) is 0 Å². The molecule has 0 radical (unpaired) electrons. The van der Waals surface area contributed by atoms with Crippen LogP contribution in [0, 0.1) is 0 Å². The molecule has 1 heterocycles. The monoisotopic (exact) mass is 234 g/mol. The first-order valence-electron chi connectivity index (χ1n) is 6.37. The summed E-state index contributed by atoms with van der Waals surface area (Å²) >= 11 is 0. The minimum atomic E-state index is 0.0563. The van der Waals surface area contributed by atoms with Crippen LogP contribution in [-0.4, -0.2) is 23.7 Å². The maximum Gasteiger partial charge on any atom is 0.0693 e. The predicted octanol–water partition coefficient (Wildman–Crippen LogP) is 2.47. The highest BCUT2D eigenvalue weighted by Gasteiger charge is 2.39.